The van der Waals surface area contributed by atoms with E-state index in [0.29, 0.717) is 10.7 Å². The van der Waals surface area contributed by atoms with Crippen molar-refractivity contribution in [2.24, 2.45) is 0 Å². The van der Waals surface area contributed by atoms with Gasteiger partial charge in [-0.25, -0.2) is 4.79 Å². The molecule has 0 fully saturated rings. The molecule has 0 aliphatic carbocycles. The van der Waals surface area contributed by atoms with Crippen LogP contribution in [-0.2, 0) is 0 Å². The first kappa shape index (κ1) is 15.4. The summed E-state index contributed by atoms with van der Waals surface area (Å²) in [5.74, 6) is 0. The van der Waals surface area contributed by atoms with Crippen LogP contribution in [0.15, 0.2) is 78.9 Å². The van der Waals surface area contributed by atoms with E-state index in [-0.39, 0.29) is 6.03 Å². The third-order valence-electron chi connectivity index (χ3n) is 3.90. The molecule has 1 heterocycles. The van der Waals surface area contributed by atoms with Crippen molar-refractivity contribution >= 4 is 34.2 Å². The highest BCUT2D eigenvalue weighted by Crippen LogP contribution is 2.28. The standard InChI is InChI=1S/C20H14ClN3O/c21-15-9-6-10-16(13-15)22-20(25)24-18-12-5-4-11-17(18)19(23-24)14-7-2-1-3-8-14/h1-13H,(H,22,25). The number of anilines is 1. The number of nitrogens with zero attached hydrogens (tertiary/aromatic N) is 2. The van der Waals surface area contributed by atoms with Gasteiger partial charge in [-0.3, -0.25) is 0 Å². The fourth-order valence-corrected chi connectivity index (χ4v) is 2.96. The zero-order chi connectivity index (χ0) is 17.2. The van der Waals surface area contributed by atoms with Crippen LogP contribution in [0.2, 0.25) is 5.02 Å². The van der Waals surface area contributed by atoms with Crippen LogP contribution in [0.4, 0.5) is 10.5 Å². The van der Waals surface area contributed by atoms with Gasteiger partial charge in [0.2, 0.25) is 0 Å². The molecule has 1 N–H and O–H groups in total. The molecule has 0 aliphatic rings. The maximum absolute atomic E-state index is 12.7. The van der Waals surface area contributed by atoms with Crippen molar-refractivity contribution in [1.29, 1.82) is 0 Å². The van der Waals surface area contributed by atoms with Gasteiger partial charge in [-0.05, 0) is 24.3 Å². The van der Waals surface area contributed by atoms with Crippen molar-refractivity contribution in [3.8, 4) is 11.3 Å². The van der Waals surface area contributed by atoms with E-state index in [9.17, 15) is 4.79 Å². The lowest BCUT2D eigenvalue weighted by atomic mass is 10.1. The third kappa shape index (κ3) is 2.99. The number of aromatic nitrogens is 2. The summed E-state index contributed by atoms with van der Waals surface area (Å²) < 4.78 is 1.39. The second-order valence-corrected chi connectivity index (χ2v) is 6.02. The zero-order valence-electron chi connectivity index (χ0n) is 13.2. The summed E-state index contributed by atoms with van der Waals surface area (Å²) >= 11 is 5.98. The maximum atomic E-state index is 12.7. The highest BCUT2D eigenvalue weighted by Gasteiger charge is 2.16. The van der Waals surface area contributed by atoms with Gasteiger partial charge in [0, 0.05) is 21.7 Å². The molecule has 3 aromatic carbocycles. The smallest absolute Gasteiger partial charge is 0.306 e. The van der Waals surface area contributed by atoms with Crippen molar-refractivity contribution in [3.63, 3.8) is 0 Å². The summed E-state index contributed by atoms with van der Waals surface area (Å²) in [6, 6.07) is 24.2. The lowest BCUT2D eigenvalue weighted by Gasteiger charge is -2.06. The van der Waals surface area contributed by atoms with Gasteiger partial charge in [0.1, 0.15) is 5.69 Å². The molecule has 4 rings (SSSR count). The molecule has 0 saturated carbocycles. The van der Waals surface area contributed by atoms with Gasteiger partial charge in [-0.2, -0.15) is 9.78 Å². The van der Waals surface area contributed by atoms with Crippen LogP contribution in [0.5, 0.6) is 0 Å². The van der Waals surface area contributed by atoms with E-state index in [1.807, 2.05) is 54.6 Å². The Morgan fingerprint density at radius 2 is 1.68 bits per heavy atom. The first-order valence-corrected chi connectivity index (χ1v) is 8.20. The van der Waals surface area contributed by atoms with Crippen LogP contribution >= 0.6 is 11.6 Å². The molecule has 0 spiro atoms. The second kappa shape index (κ2) is 6.42. The molecule has 0 unspecified atom stereocenters. The van der Waals surface area contributed by atoms with E-state index < -0.39 is 0 Å². The summed E-state index contributed by atoms with van der Waals surface area (Å²) in [6.07, 6.45) is 0. The molecule has 0 atom stereocenters. The summed E-state index contributed by atoms with van der Waals surface area (Å²) in [5, 5.41) is 8.87. The van der Waals surface area contributed by atoms with Crippen LogP contribution < -0.4 is 5.32 Å². The van der Waals surface area contributed by atoms with Crippen LogP contribution in [0, 0.1) is 0 Å². The Hall–Kier alpha value is -3.11. The topological polar surface area (TPSA) is 46.9 Å². The van der Waals surface area contributed by atoms with Gasteiger partial charge in [0.05, 0.1) is 5.52 Å². The van der Waals surface area contributed by atoms with Crippen molar-refractivity contribution in [1.82, 2.24) is 9.78 Å². The number of fused-ring (bicyclic) bond motifs is 1. The minimum absolute atomic E-state index is 0.333. The molecule has 122 valence electrons. The van der Waals surface area contributed by atoms with Crippen molar-refractivity contribution in [2.45, 2.75) is 0 Å². The fraction of sp³-hybridized carbons (Fsp3) is 0. The third-order valence-corrected chi connectivity index (χ3v) is 4.14. The number of amides is 1. The monoisotopic (exact) mass is 347 g/mol. The number of para-hydroxylation sites is 1. The van der Waals surface area contributed by atoms with Crippen molar-refractivity contribution in [2.75, 3.05) is 5.32 Å². The minimum atomic E-state index is -0.333. The van der Waals surface area contributed by atoms with Crippen LogP contribution in [-0.4, -0.2) is 15.8 Å². The van der Waals surface area contributed by atoms with E-state index in [2.05, 4.69) is 10.4 Å². The highest BCUT2D eigenvalue weighted by molar-refractivity contribution is 6.30. The maximum Gasteiger partial charge on any atom is 0.347 e. The predicted molar refractivity (Wildman–Crippen MR) is 101 cm³/mol. The molecule has 4 nitrogen and oxygen atoms in total. The van der Waals surface area contributed by atoms with Crippen molar-refractivity contribution < 1.29 is 4.79 Å². The Morgan fingerprint density at radius 3 is 2.48 bits per heavy atom. The lowest BCUT2D eigenvalue weighted by Crippen LogP contribution is -2.20. The van der Waals surface area contributed by atoms with Gasteiger partial charge in [0.25, 0.3) is 0 Å². The second-order valence-electron chi connectivity index (χ2n) is 5.58. The molecular weight excluding hydrogens is 334 g/mol. The normalized spacial score (nSPS) is 10.8. The molecular formula is C20H14ClN3O. The van der Waals surface area contributed by atoms with Crippen molar-refractivity contribution in [3.05, 3.63) is 83.9 Å². The molecule has 5 heteroatoms. The van der Waals surface area contributed by atoms with Crippen LogP contribution in [0.3, 0.4) is 0 Å². The largest absolute Gasteiger partial charge is 0.347 e. The van der Waals surface area contributed by atoms with Gasteiger partial charge >= 0.3 is 6.03 Å². The number of rotatable bonds is 2. The SMILES string of the molecule is O=C(Nc1cccc(Cl)c1)n1nc(-c2ccccc2)c2ccccc21. The van der Waals surface area contributed by atoms with Crippen LogP contribution in [0.1, 0.15) is 0 Å². The van der Waals surface area contributed by atoms with E-state index in [1.54, 1.807) is 24.3 Å². The van der Waals surface area contributed by atoms with Gasteiger partial charge in [0.15, 0.2) is 0 Å². The lowest BCUT2D eigenvalue weighted by molar-refractivity contribution is 0.252. The average molecular weight is 348 g/mol. The Morgan fingerprint density at radius 1 is 0.920 bits per heavy atom. The number of halogens is 1. The average Bonchev–Trinajstić information content (AvgIpc) is 3.02. The summed E-state index contributed by atoms with van der Waals surface area (Å²) in [5.41, 5.74) is 3.12. The molecule has 1 aromatic heterocycles. The minimum Gasteiger partial charge on any atom is -0.306 e. The number of hydrogen-bond acceptors (Lipinski definition) is 2. The first-order valence-electron chi connectivity index (χ1n) is 7.82. The summed E-state index contributed by atoms with van der Waals surface area (Å²) in [6.45, 7) is 0. The number of carbonyl (C=O) groups excluding carboxylic acids is 1. The van der Waals surface area contributed by atoms with E-state index in [4.69, 9.17) is 11.6 Å². The van der Waals surface area contributed by atoms with Gasteiger partial charge < -0.3 is 5.32 Å². The number of benzene rings is 3. The highest BCUT2D eigenvalue weighted by atomic mass is 35.5. The molecule has 0 saturated heterocycles. The molecule has 4 aromatic rings. The zero-order valence-corrected chi connectivity index (χ0v) is 13.9. The predicted octanol–water partition coefficient (Wildman–Crippen LogP) is 5.44. The molecule has 0 aliphatic heterocycles. The van der Waals surface area contributed by atoms with Gasteiger partial charge in [-0.15, -0.1) is 0 Å². The summed E-state index contributed by atoms with van der Waals surface area (Å²) in [7, 11) is 0. The Balaban J connectivity index is 1.78. The number of nitrogens with one attached hydrogen (secondary N) is 1. The fourth-order valence-electron chi connectivity index (χ4n) is 2.77. The number of hydrogen-bond donors (Lipinski definition) is 1. The molecule has 1 amide bonds. The van der Waals surface area contributed by atoms with Crippen LogP contribution in [0.25, 0.3) is 22.2 Å². The van der Waals surface area contributed by atoms with E-state index >= 15 is 0 Å². The first-order chi connectivity index (χ1) is 12.2. The summed E-state index contributed by atoms with van der Waals surface area (Å²) in [4.78, 5) is 12.7. The molecule has 0 radical (unpaired) electrons. The van der Waals surface area contributed by atoms with Gasteiger partial charge in [-0.1, -0.05) is 66.2 Å². The molecule has 25 heavy (non-hydrogen) atoms. The quantitative estimate of drug-likeness (QED) is 0.525. The Bertz CT molecular complexity index is 1060. The Kier molecular flexibility index (Phi) is 3.96. The van der Waals surface area contributed by atoms with E-state index in [0.717, 1.165) is 22.2 Å². The number of carbonyl (C=O) groups is 1. The molecule has 0 bridgehead atoms. The van der Waals surface area contributed by atoms with E-state index in [1.165, 1.54) is 4.68 Å². The Labute approximate surface area is 149 Å².